The molecule has 1 aromatic heterocycles. The molecule has 13 heavy (non-hydrogen) atoms. The van der Waals surface area contributed by atoms with E-state index < -0.39 is 6.43 Å². The predicted octanol–water partition coefficient (Wildman–Crippen LogP) is 2.85. The van der Waals surface area contributed by atoms with Crippen LogP contribution in [0.5, 0.6) is 0 Å². The largest absolute Gasteiger partial charge is 0.325 e. The predicted molar refractivity (Wildman–Crippen MR) is 57.5 cm³/mol. The van der Waals surface area contributed by atoms with E-state index in [4.69, 9.17) is 5.73 Å². The van der Waals surface area contributed by atoms with Crippen LogP contribution in [0.1, 0.15) is 17.8 Å². The van der Waals surface area contributed by atoms with Crippen molar-refractivity contribution >= 4 is 38.5 Å². The third-order valence-electron chi connectivity index (χ3n) is 1.43. The molecule has 0 saturated heterocycles. The maximum absolute atomic E-state index is 12.3. The van der Waals surface area contributed by atoms with Gasteiger partial charge in [0.1, 0.15) is 5.69 Å². The maximum atomic E-state index is 12.3. The molecule has 0 aliphatic rings. The number of nitrogens with two attached hydrogens (primary N) is 1. The summed E-state index contributed by atoms with van der Waals surface area (Å²) >= 11 is 5.03. The van der Waals surface area contributed by atoms with Crippen molar-refractivity contribution < 1.29 is 8.78 Å². The van der Waals surface area contributed by atoms with E-state index >= 15 is 0 Å². The van der Waals surface area contributed by atoms with E-state index in [0.717, 1.165) is 3.57 Å². The summed E-state index contributed by atoms with van der Waals surface area (Å²) in [6, 6.07) is 1.59. The first-order chi connectivity index (χ1) is 6.06. The summed E-state index contributed by atoms with van der Waals surface area (Å²) in [6.07, 6.45) is -2.57. The van der Waals surface area contributed by atoms with Crippen molar-refractivity contribution in [1.82, 2.24) is 4.98 Å². The van der Waals surface area contributed by atoms with Gasteiger partial charge >= 0.3 is 0 Å². The summed E-state index contributed by atoms with van der Waals surface area (Å²) in [5.74, 6) is 0. The van der Waals surface area contributed by atoms with Crippen LogP contribution in [0.25, 0.3) is 0 Å². The fraction of sp³-hybridized carbons (Fsp3) is 0.286. The Hall–Kier alpha value is 0.180. The average molecular weight is 363 g/mol. The van der Waals surface area contributed by atoms with Crippen LogP contribution in [0.15, 0.2) is 10.5 Å². The van der Waals surface area contributed by atoms with Crippen molar-refractivity contribution in [3.8, 4) is 0 Å². The van der Waals surface area contributed by atoms with Gasteiger partial charge in [0.2, 0.25) is 0 Å². The van der Waals surface area contributed by atoms with E-state index in [9.17, 15) is 8.78 Å². The molecule has 0 aliphatic heterocycles. The molecule has 0 amide bonds. The summed E-state index contributed by atoms with van der Waals surface area (Å²) in [5.41, 5.74) is 5.59. The van der Waals surface area contributed by atoms with Crippen molar-refractivity contribution in [3.63, 3.8) is 0 Å². The molecule has 0 spiro atoms. The molecule has 0 aromatic carbocycles. The molecule has 0 bridgehead atoms. The van der Waals surface area contributed by atoms with Gasteiger partial charge in [-0.05, 0) is 44.6 Å². The Balaban J connectivity index is 3.22. The van der Waals surface area contributed by atoms with Gasteiger partial charge in [-0.15, -0.1) is 0 Å². The third-order valence-corrected chi connectivity index (χ3v) is 3.00. The zero-order chi connectivity index (χ0) is 10.0. The topological polar surface area (TPSA) is 38.9 Å². The van der Waals surface area contributed by atoms with Gasteiger partial charge in [0.25, 0.3) is 6.43 Å². The van der Waals surface area contributed by atoms with E-state index in [0.29, 0.717) is 10.2 Å². The molecular formula is C7H6BrF2IN2. The molecule has 72 valence electrons. The second-order valence-electron chi connectivity index (χ2n) is 2.29. The smallest absolute Gasteiger partial charge is 0.281 e. The van der Waals surface area contributed by atoms with Crippen molar-refractivity contribution in [1.29, 1.82) is 0 Å². The lowest BCUT2D eigenvalue weighted by molar-refractivity contribution is 0.145. The van der Waals surface area contributed by atoms with Crippen molar-refractivity contribution in [2.75, 3.05) is 0 Å². The summed E-state index contributed by atoms with van der Waals surface area (Å²) in [7, 11) is 0. The summed E-state index contributed by atoms with van der Waals surface area (Å²) in [4.78, 5) is 3.76. The van der Waals surface area contributed by atoms with Crippen LogP contribution in [0.4, 0.5) is 8.78 Å². The minimum absolute atomic E-state index is 0.172. The number of rotatable bonds is 2. The molecule has 0 atom stereocenters. The molecule has 2 N–H and O–H groups in total. The number of halogens is 4. The quantitative estimate of drug-likeness (QED) is 0.821. The minimum Gasteiger partial charge on any atom is -0.325 e. The summed E-state index contributed by atoms with van der Waals surface area (Å²) < 4.78 is 25.8. The highest BCUT2D eigenvalue weighted by Gasteiger charge is 2.15. The molecule has 1 heterocycles. The standard InChI is InChI=1S/C7H6BrF2IN2/c8-3-1-4(11)5(2-12)13-6(3)7(9)10/h1,7H,2,12H2. The van der Waals surface area contributed by atoms with Crippen LogP contribution >= 0.6 is 38.5 Å². The van der Waals surface area contributed by atoms with Crippen LogP contribution in [-0.4, -0.2) is 4.98 Å². The second kappa shape index (κ2) is 4.61. The van der Waals surface area contributed by atoms with Gasteiger partial charge in [-0.3, -0.25) is 0 Å². The van der Waals surface area contributed by atoms with Gasteiger partial charge in [-0.2, -0.15) is 0 Å². The molecule has 0 saturated carbocycles. The maximum Gasteiger partial charge on any atom is 0.281 e. The highest BCUT2D eigenvalue weighted by Crippen LogP contribution is 2.27. The number of pyridine rings is 1. The number of hydrogen-bond donors (Lipinski definition) is 1. The third kappa shape index (κ3) is 2.57. The van der Waals surface area contributed by atoms with Crippen LogP contribution in [-0.2, 0) is 6.54 Å². The van der Waals surface area contributed by atoms with Gasteiger partial charge in [0.15, 0.2) is 0 Å². The average Bonchev–Trinajstić information content (AvgIpc) is 2.03. The van der Waals surface area contributed by atoms with Crippen molar-refractivity contribution in [3.05, 3.63) is 25.5 Å². The summed E-state index contributed by atoms with van der Waals surface area (Å²) in [5, 5.41) is 0. The first-order valence-corrected chi connectivity index (χ1v) is 5.26. The monoisotopic (exact) mass is 362 g/mol. The van der Waals surface area contributed by atoms with Crippen LogP contribution in [0.3, 0.4) is 0 Å². The highest BCUT2D eigenvalue weighted by molar-refractivity contribution is 14.1. The fourth-order valence-electron chi connectivity index (χ4n) is 0.817. The Morgan fingerprint density at radius 3 is 2.69 bits per heavy atom. The zero-order valence-corrected chi connectivity index (χ0v) is 10.1. The van der Waals surface area contributed by atoms with Crippen LogP contribution < -0.4 is 5.73 Å². The van der Waals surface area contributed by atoms with Crippen LogP contribution in [0, 0.1) is 3.57 Å². The molecule has 0 aliphatic carbocycles. The van der Waals surface area contributed by atoms with Gasteiger partial charge in [-0.1, -0.05) is 0 Å². The van der Waals surface area contributed by atoms with Crippen LogP contribution in [0.2, 0.25) is 0 Å². The van der Waals surface area contributed by atoms with Gasteiger partial charge in [0, 0.05) is 14.6 Å². The minimum atomic E-state index is -2.57. The Labute approximate surface area is 96.2 Å². The van der Waals surface area contributed by atoms with Gasteiger partial charge in [-0.25, -0.2) is 13.8 Å². The lowest BCUT2D eigenvalue weighted by atomic mass is 10.3. The molecule has 0 unspecified atom stereocenters. The van der Waals surface area contributed by atoms with E-state index in [2.05, 4.69) is 20.9 Å². The zero-order valence-electron chi connectivity index (χ0n) is 6.40. The lowest BCUT2D eigenvalue weighted by Gasteiger charge is -2.06. The Morgan fingerprint density at radius 1 is 1.62 bits per heavy atom. The summed E-state index contributed by atoms with van der Waals surface area (Å²) in [6.45, 7) is 0.172. The van der Waals surface area contributed by atoms with E-state index in [1.165, 1.54) is 0 Å². The normalized spacial score (nSPS) is 10.9. The van der Waals surface area contributed by atoms with E-state index in [1.807, 2.05) is 22.6 Å². The first-order valence-electron chi connectivity index (χ1n) is 3.39. The van der Waals surface area contributed by atoms with Gasteiger partial charge in [0.05, 0.1) is 5.69 Å². The van der Waals surface area contributed by atoms with Gasteiger partial charge < -0.3 is 5.73 Å². The molecule has 0 fully saturated rings. The molecule has 0 radical (unpaired) electrons. The molecule has 6 heteroatoms. The molecular weight excluding hydrogens is 357 g/mol. The molecule has 2 nitrogen and oxygen atoms in total. The fourth-order valence-corrected chi connectivity index (χ4v) is 2.39. The Morgan fingerprint density at radius 2 is 2.23 bits per heavy atom. The number of aromatic nitrogens is 1. The molecule has 1 aromatic rings. The number of nitrogens with zero attached hydrogens (tertiary/aromatic N) is 1. The molecule has 1 rings (SSSR count). The first kappa shape index (κ1) is 11.3. The Kier molecular flexibility index (Phi) is 3.99. The Bertz CT molecular complexity index is 320. The van der Waals surface area contributed by atoms with E-state index in [1.54, 1.807) is 6.07 Å². The number of hydrogen-bond acceptors (Lipinski definition) is 2. The number of alkyl halides is 2. The van der Waals surface area contributed by atoms with E-state index in [-0.39, 0.29) is 12.2 Å². The van der Waals surface area contributed by atoms with Crippen molar-refractivity contribution in [2.24, 2.45) is 5.73 Å². The highest BCUT2D eigenvalue weighted by atomic mass is 127. The SMILES string of the molecule is NCc1nc(C(F)F)c(Br)cc1I. The lowest BCUT2D eigenvalue weighted by Crippen LogP contribution is -2.05. The second-order valence-corrected chi connectivity index (χ2v) is 4.31. The van der Waals surface area contributed by atoms with Crippen molar-refractivity contribution in [2.45, 2.75) is 13.0 Å².